The van der Waals surface area contributed by atoms with E-state index in [0.717, 1.165) is 11.3 Å². The zero-order valence-corrected chi connectivity index (χ0v) is 12.1. The van der Waals surface area contributed by atoms with Crippen LogP contribution in [0.2, 0.25) is 0 Å². The van der Waals surface area contributed by atoms with Gasteiger partial charge in [0, 0.05) is 0 Å². The van der Waals surface area contributed by atoms with E-state index in [9.17, 15) is 8.42 Å². The summed E-state index contributed by atoms with van der Waals surface area (Å²) in [6, 6.07) is 7.67. The highest BCUT2D eigenvalue weighted by molar-refractivity contribution is 7.89. The Hall–Kier alpha value is -1.51. The average Bonchev–Trinajstić information content (AvgIpc) is 2.35. The molecule has 0 radical (unpaired) electrons. The topological polar surface area (TPSA) is 55.4 Å². The van der Waals surface area contributed by atoms with Crippen LogP contribution in [0.5, 0.6) is 5.75 Å². The van der Waals surface area contributed by atoms with E-state index in [1.54, 1.807) is 0 Å². The molecule has 0 amide bonds. The summed E-state index contributed by atoms with van der Waals surface area (Å²) < 4.78 is 30.5. The van der Waals surface area contributed by atoms with Gasteiger partial charge in [0.1, 0.15) is 12.4 Å². The van der Waals surface area contributed by atoms with Gasteiger partial charge in [0.05, 0.1) is 12.3 Å². The van der Waals surface area contributed by atoms with Gasteiger partial charge in [-0.15, -0.1) is 0 Å². The van der Waals surface area contributed by atoms with Crippen LogP contribution >= 0.6 is 0 Å². The summed E-state index contributed by atoms with van der Waals surface area (Å²) in [5.74, 6) is 6.43. The second-order valence-electron chi connectivity index (χ2n) is 4.05. The van der Waals surface area contributed by atoms with Crippen LogP contribution in [0.1, 0.15) is 18.9 Å². The minimum absolute atomic E-state index is 0.124. The van der Waals surface area contributed by atoms with Crippen molar-refractivity contribution >= 4 is 10.0 Å². The van der Waals surface area contributed by atoms with Gasteiger partial charge in [0.2, 0.25) is 10.0 Å². The van der Waals surface area contributed by atoms with E-state index in [2.05, 4.69) is 16.6 Å². The van der Waals surface area contributed by atoms with Crippen molar-refractivity contribution in [1.82, 2.24) is 4.72 Å². The van der Waals surface area contributed by atoms with Gasteiger partial charge in [0.15, 0.2) is 0 Å². The standard InChI is InChI=1S/C14H19NO3S/c1-3-12-19(16,17)15-10-6-7-11-18-14-9-5-4-8-13(14)2/h4-5,8-9,15H,3,10-12H2,1-2H3. The van der Waals surface area contributed by atoms with E-state index in [4.69, 9.17) is 4.74 Å². The smallest absolute Gasteiger partial charge is 0.212 e. The molecule has 0 aliphatic carbocycles. The molecule has 0 aliphatic heterocycles. The van der Waals surface area contributed by atoms with Crippen molar-refractivity contribution in [2.24, 2.45) is 0 Å². The number of nitrogens with one attached hydrogen (secondary N) is 1. The van der Waals surface area contributed by atoms with Gasteiger partial charge in [-0.3, -0.25) is 0 Å². The fraction of sp³-hybridized carbons (Fsp3) is 0.429. The Labute approximate surface area is 115 Å². The zero-order chi connectivity index (χ0) is 14.1. The van der Waals surface area contributed by atoms with Crippen molar-refractivity contribution in [2.75, 3.05) is 18.9 Å². The van der Waals surface area contributed by atoms with E-state index in [1.165, 1.54) is 0 Å². The molecule has 0 spiro atoms. The highest BCUT2D eigenvalue weighted by Gasteiger charge is 2.05. The molecule has 19 heavy (non-hydrogen) atoms. The Morgan fingerprint density at radius 3 is 2.68 bits per heavy atom. The molecule has 104 valence electrons. The third-order valence-electron chi connectivity index (χ3n) is 2.37. The summed E-state index contributed by atoms with van der Waals surface area (Å²) >= 11 is 0. The molecule has 0 aromatic heterocycles. The molecule has 4 nitrogen and oxygen atoms in total. The number of para-hydroxylation sites is 1. The SMILES string of the molecule is CCCS(=O)(=O)NCC#CCOc1ccccc1C. The molecule has 1 N–H and O–H groups in total. The molecule has 0 saturated heterocycles. The van der Waals surface area contributed by atoms with Crippen molar-refractivity contribution in [3.63, 3.8) is 0 Å². The van der Waals surface area contributed by atoms with Gasteiger partial charge >= 0.3 is 0 Å². The third kappa shape index (κ3) is 6.27. The molecular weight excluding hydrogens is 262 g/mol. The summed E-state index contributed by atoms with van der Waals surface area (Å²) in [4.78, 5) is 0. The molecule has 1 aromatic carbocycles. The molecule has 0 saturated carbocycles. The summed E-state index contributed by atoms with van der Waals surface area (Å²) in [7, 11) is -3.17. The van der Waals surface area contributed by atoms with Crippen LogP contribution in [0.4, 0.5) is 0 Å². The van der Waals surface area contributed by atoms with Crippen LogP contribution in [-0.2, 0) is 10.0 Å². The first-order valence-electron chi connectivity index (χ1n) is 6.16. The van der Waals surface area contributed by atoms with Crippen molar-refractivity contribution in [3.05, 3.63) is 29.8 Å². The molecule has 0 heterocycles. The Bertz CT molecular complexity index is 556. The quantitative estimate of drug-likeness (QED) is 0.808. The second-order valence-corrected chi connectivity index (χ2v) is 5.97. The highest BCUT2D eigenvalue weighted by Crippen LogP contribution is 2.15. The van der Waals surface area contributed by atoms with Crippen molar-refractivity contribution in [3.8, 4) is 17.6 Å². The molecule has 1 aromatic rings. The molecule has 0 atom stereocenters. The van der Waals surface area contributed by atoms with Crippen LogP contribution in [0, 0.1) is 18.8 Å². The Morgan fingerprint density at radius 1 is 1.26 bits per heavy atom. The predicted octanol–water partition coefficient (Wildman–Crippen LogP) is 1.71. The number of sulfonamides is 1. The largest absolute Gasteiger partial charge is 0.481 e. The second kappa shape index (κ2) is 7.82. The summed E-state index contributed by atoms with van der Waals surface area (Å²) in [5.41, 5.74) is 1.05. The Kier molecular flexibility index (Phi) is 6.40. The predicted molar refractivity (Wildman–Crippen MR) is 76.5 cm³/mol. The van der Waals surface area contributed by atoms with Gasteiger partial charge in [-0.05, 0) is 25.0 Å². The maximum Gasteiger partial charge on any atom is 0.212 e. The number of ether oxygens (including phenoxy) is 1. The van der Waals surface area contributed by atoms with Gasteiger partial charge in [0.25, 0.3) is 0 Å². The van der Waals surface area contributed by atoms with E-state index >= 15 is 0 Å². The number of aryl methyl sites for hydroxylation is 1. The van der Waals surface area contributed by atoms with Crippen molar-refractivity contribution < 1.29 is 13.2 Å². The molecule has 5 heteroatoms. The normalized spacial score (nSPS) is 10.6. The number of rotatable bonds is 6. The lowest BCUT2D eigenvalue weighted by Crippen LogP contribution is -2.26. The summed E-state index contributed by atoms with van der Waals surface area (Å²) in [5, 5.41) is 0. The molecule has 0 bridgehead atoms. The molecular formula is C14H19NO3S. The summed E-state index contributed by atoms with van der Waals surface area (Å²) in [6.45, 7) is 4.16. The van der Waals surface area contributed by atoms with Gasteiger partial charge in [-0.1, -0.05) is 37.0 Å². The third-order valence-corrected chi connectivity index (χ3v) is 3.90. The number of hydrogen-bond donors (Lipinski definition) is 1. The minimum Gasteiger partial charge on any atom is -0.481 e. The average molecular weight is 281 g/mol. The molecule has 0 unspecified atom stereocenters. The van der Waals surface area contributed by atoms with Crippen molar-refractivity contribution in [1.29, 1.82) is 0 Å². The highest BCUT2D eigenvalue weighted by atomic mass is 32.2. The Morgan fingerprint density at radius 2 is 2.00 bits per heavy atom. The molecule has 0 fully saturated rings. The lowest BCUT2D eigenvalue weighted by Gasteiger charge is -2.04. The molecule has 0 aliphatic rings. The fourth-order valence-electron chi connectivity index (χ4n) is 1.43. The minimum atomic E-state index is -3.17. The van der Waals surface area contributed by atoms with Crippen LogP contribution in [-0.4, -0.2) is 27.3 Å². The summed E-state index contributed by atoms with van der Waals surface area (Å²) in [6.07, 6.45) is 0.596. The van der Waals surface area contributed by atoms with Crippen LogP contribution in [0.3, 0.4) is 0 Å². The van der Waals surface area contributed by atoms with E-state index in [0.29, 0.717) is 6.42 Å². The number of benzene rings is 1. The maximum absolute atomic E-state index is 11.3. The monoisotopic (exact) mass is 281 g/mol. The van der Waals surface area contributed by atoms with Gasteiger partial charge < -0.3 is 4.74 Å². The van der Waals surface area contributed by atoms with Crippen LogP contribution in [0.25, 0.3) is 0 Å². The van der Waals surface area contributed by atoms with Gasteiger partial charge in [-0.2, -0.15) is 0 Å². The maximum atomic E-state index is 11.3. The zero-order valence-electron chi connectivity index (χ0n) is 11.3. The van der Waals surface area contributed by atoms with E-state index < -0.39 is 10.0 Å². The van der Waals surface area contributed by atoms with E-state index in [-0.39, 0.29) is 18.9 Å². The first-order chi connectivity index (χ1) is 9.05. The lowest BCUT2D eigenvalue weighted by molar-refractivity contribution is 0.367. The van der Waals surface area contributed by atoms with Crippen LogP contribution in [0.15, 0.2) is 24.3 Å². The fourth-order valence-corrected chi connectivity index (χ4v) is 2.41. The van der Waals surface area contributed by atoms with Gasteiger partial charge in [-0.25, -0.2) is 13.1 Å². The molecule has 1 rings (SSSR count). The first-order valence-corrected chi connectivity index (χ1v) is 7.82. The first kappa shape index (κ1) is 15.5. The van der Waals surface area contributed by atoms with Crippen molar-refractivity contribution in [2.45, 2.75) is 20.3 Å². The lowest BCUT2D eigenvalue weighted by atomic mass is 10.2. The van der Waals surface area contributed by atoms with Crippen LogP contribution < -0.4 is 9.46 Å². The Balaban J connectivity index is 2.32. The van der Waals surface area contributed by atoms with E-state index in [1.807, 2.05) is 38.1 Å². The number of hydrogen-bond acceptors (Lipinski definition) is 3.